The van der Waals surface area contributed by atoms with Crippen molar-refractivity contribution in [1.82, 2.24) is 4.90 Å². The summed E-state index contributed by atoms with van der Waals surface area (Å²) in [7, 11) is 1.54. The van der Waals surface area contributed by atoms with E-state index in [-0.39, 0.29) is 18.3 Å². The molecule has 1 aromatic carbocycles. The number of nitrogens with zero attached hydrogens (tertiary/aromatic N) is 1. The number of rotatable bonds is 9. The van der Waals surface area contributed by atoms with Gasteiger partial charge in [-0.05, 0) is 37.4 Å². The van der Waals surface area contributed by atoms with Crippen molar-refractivity contribution in [3.63, 3.8) is 0 Å². The summed E-state index contributed by atoms with van der Waals surface area (Å²) >= 11 is 1.29. The minimum atomic E-state index is -1.08. The maximum absolute atomic E-state index is 13.6. The standard InChI is InChI=1S/C19H24FNO4S/c1-4-21(5-2)19(23)15-8-11-26-18(15)17(22)14-7-6-13(20)12-16(14)25-10-9-24-3/h6-8,11-12,17,22H,4-5,9-10H2,1-3H3. The van der Waals surface area contributed by atoms with Crippen molar-refractivity contribution in [2.75, 3.05) is 33.4 Å². The number of carbonyl (C=O) groups excluding carboxylic acids is 1. The van der Waals surface area contributed by atoms with Crippen LogP contribution < -0.4 is 4.74 Å². The van der Waals surface area contributed by atoms with Crippen LogP contribution in [0.15, 0.2) is 29.6 Å². The topological polar surface area (TPSA) is 59.0 Å². The Balaban J connectivity index is 2.34. The largest absolute Gasteiger partial charge is 0.491 e. The van der Waals surface area contributed by atoms with E-state index in [1.54, 1.807) is 23.5 Å². The lowest BCUT2D eigenvalue weighted by Crippen LogP contribution is -2.31. The van der Waals surface area contributed by atoms with Crippen molar-refractivity contribution in [1.29, 1.82) is 0 Å². The zero-order valence-electron chi connectivity index (χ0n) is 15.2. The highest BCUT2D eigenvalue weighted by atomic mass is 32.1. The molecular formula is C19H24FNO4S. The first-order valence-electron chi connectivity index (χ1n) is 8.49. The summed E-state index contributed by atoms with van der Waals surface area (Å²) in [4.78, 5) is 14.9. The van der Waals surface area contributed by atoms with Crippen LogP contribution in [0.4, 0.5) is 4.39 Å². The van der Waals surface area contributed by atoms with Gasteiger partial charge in [-0.15, -0.1) is 11.3 Å². The lowest BCUT2D eigenvalue weighted by Gasteiger charge is -2.21. The van der Waals surface area contributed by atoms with Crippen molar-refractivity contribution in [3.05, 3.63) is 51.5 Å². The van der Waals surface area contributed by atoms with Gasteiger partial charge in [0.1, 0.15) is 24.3 Å². The van der Waals surface area contributed by atoms with E-state index in [1.165, 1.54) is 29.5 Å². The van der Waals surface area contributed by atoms with E-state index in [9.17, 15) is 14.3 Å². The fraction of sp³-hybridized carbons (Fsp3) is 0.421. The van der Waals surface area contributed by atoms with Crippen molar-refractivity contribution >= 4 is 17.2 Å². The molecule has 1 aromatic heterocycles. The number of hydrogen-bond donors (Lipinski definition) is 1. The van der Waals surface area contributed by atoms with Gasteiger partial charge in [-0.25, -0.2) is 4.39 Å². The third-order valence-corrected chi connectivity index (χ3v) is 5.01. The van der Waals surface area contributed by atoms with Gasteiger partial charge in [-0.2, -0.15) is 0 Å². The minimum absolute atomic E-state index is 0.130. The molecule has 2 aromatic rings. The van der Waals surface area contributed by atoms with E-state index in [0.29, 0.717) is 35.7 Å². The molecule has 26 heavy (non-hydrogen) atoms. The first-order chi connectivity index (χ1) is 12.5. The van der Waals surface area contributed by atoms with Gasteiger partial charge in [0.05, 0.1) is 17.0 Å². The highest BCUT2D eigenvalue weighted by Gasteiger charge is 2.25. The molecule has 1 amide bonds. The van der Waals surface area contributed by atoms with Crippen LogP contribution in [-0.2, 0) is 4.74 Å². The molecule has 1 N–H and O–H groups in total. The predicted octanol–water partition coefficient (Wildman–Crippen LogP) is 3.48. The summed E-state index contributed by atoms with van der Waals surface area (Å²) in [5.41, 5.74) is 0.872. The maximum atomic E-state index is 13.6. The van der Waals surface area contributed by atoms with Crippen molar-refractivity contribution < 1.29 is 23.8 Å². The fourth-order valence-corrected chi connectivity index (χ4v) is 3.51. The Bertz CT molecular complexity index is 730. The van der Waals surface area contributed by atoms with Crippen LogP contribution in [0.3, 0.4) is 0 Å². The van der Waals surface area contributed by atoms with E-state index in [2.05, 4.69) is 0 Å². The second-order valence-electron chi connectivity index (χ2n) is 5.60. The normalized spacial score (nSPS) is 12.0. The summed E-state index contributed by atoms with van der Waals surface area (Å²) in [6.45, 7) is 5.56. The molecule has 0 spiro atoms. The molecule has 0 radical (unpaired) electrons. The molecule has 0 aliphatic rings. The van der Waals surface area contributed by atoms with Gasteiger partial charge in [-0.1, -0.05) is 0 Å². The molecule has 0 saturated heterocycles. The Kier molecular flexibility index (Phi) is 7.56. The summed E-state index contributed by atoms with van der Waals surface area (Å²) in [5, 5.41) is 12.6. The van der Waals surface area contributed by atoms with E-state index in [1.807, 2.05) is 13.8 Å². The van der Waals surface area contributed by atoms with Gasteiger partial charge in [0.2, 0.25) is 0 Å². The number of methoxy groups -OCH3 is 1. The SMILES string of the molecule is CCN(CC)C(=O)c1ccsc1C(O)c1ccc(F)cc1OCCOC. The second-order valence-corrected chi connectivity index (χ2v) is 6.55. The summed E-state index contributed by atoms with van der Waals surface area (Å²) in [6, 6.07) is 5.68. The molecule has 7 heteroatoms. The Morgan fingerprint density at radius 2 is 2.00 bits per heavy atom. The Hall–Kier alpha value is -1.96. The van der Waals surface area contributed by atoms with Crippen LogP contribution in [0.25, 0.3) is 0 Å². The molecule has 5 nitrogen and oxygen atoms in total. The van der Waals surface area contributed by atoms with E-state index in [0.717, 1.165) is 0 Å². The molecule has 0 bridgehead atoms. The van der Waals surface area contributed by atoms with E-state index < -0.39 is 11.9 Å². The van der Waals surface area contributed by atoms with Gasteiger partial charge < -0.3 is 19.5 Å². The van der Waals surface area contributed by atoms with Crippen LogP contribution in [0.5, 0.6) is 5.75 Å². The molecule has 1 unspecified atom stereocenters. The highest BCUT2D eigenvalue weighted by molar-refractivity contribution is 7.10. The molecule has 0 aliphatic carbocycles. The summed E-state index contributed by atoms with van der Waals surface area (Å²) in [5.74, 6) is -0.350. The second kappa shape index (κ2) is 9.66. The number of aliphatic hydroxyl groups excluding tert-OH is 1. The first-order valence-corrected chi connectivity index (χ1v) is 9.37. The predicted molar refractivity (Wildman–Crippen MR) is 99.4 cm³/mol. The highest BCUT2D eigenvalue weighted by Crippen LogP contribution is 2.35. The quantitative estimate of drug-likeness (QED) is 0.676. The van der Waals surface area contributed by atoms with E-state index >= 15 is 0 Å². The molecule has 2 rings (SSSR count). The molecule has 0 aliphatic heterocycles. The maximum Gasteiger partial charge on any atom is 0.255 e. The number of ether oxygens (including phenoxy) is 2. The average molecular weight is 381 g/mol. The van der Waals surface area contributed by atoms with Crippen molar-refractivity contribution in [2.24, 2.45) is 0 Å². The molecule has 142 valence electrons. The lowest BCUT2D eigenvalue weighted by molar-refractivity contribution is 0.0768. The third kappa shape index (κ3) is 4.60. The number of hydrogen-bond acceptors (Lipinski definition) is 5. The number of benzene rings is 1. The molecule has 0 fully saturated rings. The molecular weight excluding hydrogens is 357 g/mol. The van der Waals surface area contributed by atoms with Gasteiger partial charge in [0.25, 0.3) is 5.91 Å². The summed E-state index contributed by atoms with van der Waals surface area (Å²) in [6.07, 6.45) is -1.08. The van der Waals surface area contributed by atoms with Gasteiger partial charge in [0.15, 0.2) is 0 Å². The Morgan fingerprint density at radius 1 is 1.27 bits per heavy atom. The van der Waals surface area contributed by atoms with Gasteiger partial charge in [0, 0.05) is 31.8 Å². The number of aliphatic hydroxyl groups is 1. The lowest BCUT2D eigenvalue weighted by atomic mass is 10.0. The number of thiophene rings is 1. The summed E-state index contributed by atoms with van der Waals surface area (Å²) < 4.78 is 24.1. The smallest absolute Gasteiger partial charge is 0.255 e. The monoisotopic (exact) mass is 381 g/mol. The minimum Gasteiger partial charge on any atom is -0.491 e. The van der Waals surface area contributed by atoms with Crippen LogP contribution in [-0.4, -0.2) is 49.3 Å². The van der Waals surface area contributed by atoms with Gasteiger partial charge >= 0.3 is 0 Å². The van der Waals surface area contributed by atoms with Crippen LogP contribution in [0, 0.1) is 5.82 Å². The first kappa shape index (κ1) is 20.4. The fourth-order valence-electron chi connectivity index (χ4n) is 2.63. The Labute approximate surface area is 157 Å². The Morgan fingerprint density at radius 3 is 2.65 bits per heavy atom. The van der Waals surface area contributed by atoms with Crippen LogP contribution in [0.1, 0.15) is 40.8 Å². The zero-order chi connectivity index (χ0) is 19.1. The molecule has 1 heterocycles. The van der Waals surface area contributed by atoms with Crippen molar-refractivity contribution in [3.8, 4) is 5.75 Å². The zero-order valence-corrected chi connectivity index (χ0v) is 16.0. The molecule has 1 atom stereocenters. The van der Waals surface area contributed by atoms with Crippen LogP contribution in [0.2, 0.25) is 0 Å². The number of carbonyl (C=O) groups is 1. The van der Waals surface area contributed by atoms with Crippen LogP contribution >= 0.6 is 11.3 Å². The van der Waals surface area contributed by atoms with E-state index in [4.69, 9.17) is 9.47 Å². The average Bonchev–Trinajstić information content (AvgIpc) is 3.12. The van der Waals surface area contributed by atoms with Gasteiger partial charge in [-0.3, -0.25) is 4.79 Å². The molecule has 0 saturated carbocycles. The number of amides is 1. The number of halogens is 1. The van der Waals surface area contributed by atoms with Crippen molar-refractivity contribution in [2.45, 2.75) is 20.0 Å². The third-order valence-electron chi connectivity index (χ3n) is 4.04.